The minimum Gasteiger partial charge on any atom is -0.480 e. The average molecular weight is 215 g/mol. The summed E-state index contributed by atoms with van der Waals surface area (Å²) in [7, 11) is 0. The standard InChI is InChI=1S/C10H21N3O2/c1-8(2)13-5-3-12(4-6-13)7-9(11)10(14)15/h8-9H,3-7,11H2,1-2H3,(H,14,15). The molecule has 0 aromatic heterocycles. The quantitative estimate of drug-likeness (QED) is 0.657. The van der Waals surface area contributed by atoms with Crippen LogP contribution in [0.15, 0.2) is 0 Å². The van der Waals surface area contributed by atoms with E-state index in [0.29, 0.717) is 12.6 Å². The molecule has 1 saturated heterocycles. The third-order valence-electron chi connectivity index (χ3n) is 2.91. The topological polar surface area (TPSA) is 69.8 Å². The summed E-state index contributed by atoms with van der Waals surface area (Å²) in [6, 6.07) is -0.184. The highest BCUT2D eigenvalue weighted by atomic mass is 16.4. The van der Waals surface area contributed by atoms with Gasteiger partial charge in [-0.1, -0.05) is 0 Å². The fraction of sp³-hybridized carbons (Fsp3) is 0.900. The molecule has 88 valence electrons. The Balaban J connectivity index is 2.28. The van der Waals surface area contributed by atoms with Gasteiger partial charge in [-0.3, -0.25) is 14.6 Å². The van der Waals surface area contributed by atoms with E-state index in [-0.39, 0.29) is 0 Å². The first kappa shape index (κ1) is 12.4. The van der Waals surface area contributed by atoms with Crippen molar-refractivity contribution in [2.75, 3.05) is 32.7 Å². The average Bonchev–Trinajstić information content (AvgIpc) is 2.18. The molecule has 3 N–H and O–H groups in total. The Morgan fingerprint density at radius 1 is 1.33 bits per heavy atom. The highest BCUT2D eigenvalue weighted by Gasteiger charge is 2.22. The number of nitrogens with zero attached hydrogens (tertiary/aromatic N) is 2. The molecule has 0 radical (unpaired) electrons. The molecule has 5 heteroatoms. The summed E-state index contributed by atoms with van der Waals surface area (Å²) < 4.78 is 0. The molecule has 1 aliphatic rings. The van der Waals surface area contributed by atoms with E-state index in [0.717, 1.165) is 26.2 Å². The molecule has 0 spiro atoms. The van der Waals surface area contributed by atoms with Gasteiger partial charge in [-0.2, -0.15) is 0 Å². The van der Waals surface area contributed by atoms with Crippen LogP contribution in [0, 0.1) is 0 Å². The normalized spacial score (nSPS) is 21.9. The number of hydrogen-bond acceptors (Lipinski definition) is 4. The van der Waals surface area contributed by atoms with Crippen LogP contribution in [0.4, 0.5) is 0 Å². The number of aliphatic carboxylic acids is 1. The van der Waals surface area contributed by atoms with E-state index in [2.05, 4.69) is 23.6 Å². The Kier molecular flexibility index (Phi) is 4.50. The van der Waals surface area contributed by atoms with Crippen LogP contribution < -0.4 is 5.73 Å². The van der Waals surface area contributed by atoms with Crippen LogP contribution in [0.5, 0.6) is 0 Å². The summed E-state index contributed by atoms with van der Waals surface area (Å²) in [6.45, 7) is 8.66. The molecular weight excluding hydrogens is 194 g/mol. The van der Waals surface area contributed by atoms with Crippen molar-refractivity contribution < 1.29 is 9.90 Å². The van der Waals surface area contributed by atoms with Gasteiger partial charge in [0.1, 0.15) is 6.04 Å². The molecule has 0 aromatic rings. The number of carbonyl (C=O) groups is 1. The number of piperazine rings is 1. The van der Waals surface area contributed by atoms with Crippen LogP contribution in [0.25, 0.3) is 0 Å². The Morgan fingerprint density at radius 2 is 1.87 bits per heavy atom. The van der Waals surface area contributed by atoms with Gasteiger partial charge in [-0.15, -0.1) is 0 Å². The predicted octanol–water partition coefficient (Wildman–Crippen LogP) is -0.576. The molecule has 0 aliphatic carbocycles. The van der Waals surface area contributed by atoms with Gasteiger partial charge in [-0.05, 0) is 13.8 Å². The second-order valence-corrected chi connectivity index (χ2v) is 4.38. The first-order valence-electron chi connectivity index (χ1n) is 5.45. The smallest absolute Gasteiger partial charge is 0.321 e. The molecule has 0 bridgehead atoms. The molecule has 0 amide bonds. The fourth-order valence-corrected chi connectivity index (χ4v) is 1.82. The van der Waals surface area contributed by atoms with Gasteiger partial charge < -0.3 is 10.8 Å². The van der Waals surface area contributed by atoms with E-state index in [1.54, 1.807) is 0 Å². The molecule has 15 heavy (non-hydrogen) atoms. The lowest BCUT2D eigenvalue weighted by molar-refractivity contribution is -0.139. The summed E-state index contributed by atoms with van der Waals surface area (Å²) in [5.41, 5.74) is 5.49. The van der Waals surface area contributed by atoms with Crippen LogP contribution in [-0.2, 0) is 4.79 Å². The van der Waals surface area contributed by atoms with Gasteiger partial charge in [-0.25, -0.2) is 0 Å². The number of hydrogen-bond donors (Lipinski definition) is 2. The van der Waals surface area contributed by atoms with Crippen molar-refractivity contribution in [2.45, 2.75) is 25.9 Å². The van der Waals surface area contributed by atoms with Crippen LogP contribution in [0.2, 0.25) is 0 Å². The molecule has 1 unspecified atom stereocenters. The van der Waals surface area contributed by atoms with Crippen molar-refractivity contribution in [3.63, 3.8) is 0 Å². The summed E-state index contributed by atoms with van der Waals surface area (Å²) in [5, 5.41) is 8.69. The van der Waals surface area contributed by atoms with E-state index >= 15 is 0 Å². The van der Waals surface area contributed by atoms with Crippen molar-refractivity contribution >= 4 is 5.97 Å². The Hall–Kier alpha value is -0.650. The largest absolute Gasteiger partial charge is 0.480 e. The van der Waals surface area contributed by atoms with E-state index in [1.807, 2.05) is 0 Å². The third kappa shape index (κ3) is 3.77. The van der Waals surface area contributed by atoms with Crippen LogP contribution in [0.1, 0.15) is 13.8 Å². The van der Waals surface area contributed by atoms with Gasteiger partial charge in [0.15, 0.2) is 0 Å². The highest BCUT2D eigenvalue weighted by molar-refractivity contribution is 5.73. The maximum Gasteiger partial charge on any atom is 0.321 e. The molecular formula is C10H21N3O2. The fourth-order valence-electron chi connectivity index (χ4n) is 1.82. The molecule has 0 aromatic carbocycles. The molecule has 1 aliphatic heterocycles. The SMILES string of the molecule is CC(C)N1CCN(CC(N)C(=O)O)CC1. The molecule has 1 fully saturated rings. The van der Waals surface area contributed by atoms with E-state index in [1.165, 1.54) is 0 Å². The summed E-state index contributed by atoms with van der Waals surface area (Å²) in [4.78, 5) is 15.1. The summed E-state index contributed by atoms with van der Waals surface area (Å²) in [5.74, 6) is -0.915. The lowest BCUT2D eigenvalue weighted by Gasteiger charge is -2.37. The van der Waals surface area contributed by atoms with Gasteiger partial charge in [0, 0.05) is 38.8 Å². The molecule has 1 atom stereocenters. The van der Waals surface area contributed by atoms with E-state index in [9.17, 15) is 4.79 Å². The minimum absolute atomic E-state index is 0.460. The van der Waals surface area contributed by atoms with Gasteiger partial charge in [0.2, 0.25) is 0 Å². The highest BCUT2D eigenvalue weighted by Crippen LogP contribution is 2.05. The predicted molar refractivity (Wildman–Crippen MR) is 58.8 cm³/mol. The minimum atomic E-state index is -0.915. The Morgan fingerprint density at radius 3 is 2.27 bits per heavy atom. The summed E-state index contributed by atoms with van der Waals surface area (Å²) in [6.07, 6.45) is 0. The number of rotatable bonds is 4. The lowest BCUT2D eigenvalue weighted by atomic mass is 10.2. The maximum atomic E-state index is 10.6. The lowest BCUT2D eigenvalue weighted by Crippen LogP contribution is -2.52. The number of nitrogens with two attached hydrogens (primary N) is 1. The van der Waals surface area contributed by atoms with Gasteiger partial charge >= 0.3 is 5.97 Å². The summed E-state index contributed by atoms with van der Waals surface area (Å²) >= 11 is 0. The second-order valence-electron chi connectivity index (χ2n) is 4.38. The van der Waals surface area contributed by atoms with Crippen molar-refractivity contribution in [1.29, 1.82) is 0 Å². The third-order valence-corrected chi connectivity index (χ3v) is 2.91. The molecule has 5 nitrogen and oxygen atoms in total. The Labute approximate surface area is 90.8 Å². The Bertz CT molecular complexity index is 213. The first-order valence-corrected chi connectivity index (χ1v) is 5.45. The maximum absolute atomic E-state index is 10.6. The number of carboxylic acids is 1. The molecule has 1 rings (SSSR count). The van der Waals surface area contributed by atoms with Crippen LogP contribution in [0.3, 0.4) is 0 Å². The van der Waals surface area contributed by atoms with Crippen molar-refractivity contribution in [2.24, 2.45) is 5.73 Å². The molecule has 1 heterocycles. The zero-order valence-electron chi connectivity index (χ0n) is 9.52. The van der Waals surface area contributed by atoms with E-state index in [4.69, 9.17) is 10.8 Å². The molecule has 0 saturated carbocycles. The van der Waals surface area contributed by atoms with E-state index < -0.39 is 12.0 Å². The van der Waals surface area contributed by atoms with Crippen LogP contribution in [-0.4, -0.2) is 65.7 Å². The van der Waals surface area contributed by atoms with Crippen LogP contribution >= 0.6 is 0 Å². The first-order chi connectivity index (χ1) is 7.00. The van der Waals surface area contributed by atoms with Crippen molar-refractivity contribution in [3.8, 4) is 0 Å². The second kappa shape index (κ2) is 5.44. The van der Waals surface area contributed by atoms with Crippen molar-refractivity contribution in [3.05, 3.63) is 0 Å². The number of carboxylic acid groups (broad SMARTS) is 1. The zero-order chi connectivity index (χ0) is 11.4. The van der Waals surface area contributed by atoms with Crippen molar-refractivity contribution in [1.82, 2.24) is 9.80 Å². The van der Waals surface area contributed by atoms with Gasteiger partial charge in [0.25, 0.3) is 0 Å². The zero-order valence-corrected chi connectivity index (χ0v) is 9.52. The monoisotopic (exact) mass is 215 g/mol. The van der Waals surface area contributed by atoms with Gasteiger partial charge in [0.05, 0.1) is 0 Å².